The quantitative estimate of drug-likeness (QED) is 0.679. The van der Waals surface area contributed by atoms with Gasteiger partial charge in [-0.1, -0.05) is 0 Å². The molecule has 0 bridgehead atoms. The van der Waals surface area contributed by atoms with Crippen molar-refractivity contribution in [1.29, 1.82) is 0 Å². The molecule has 0 aliphatic carbocycles. The van der Waals surface area contributed by atoms with Crippen LogP contribution < -0.4 is 0 Å². The lowest BCUT2D eigenvalue weighted by molar-refractivity contribution is 0.0220. The summed E-state index contributed by atoms with van der Waals surface area (Å²) in [5, 5.41) is 0.208. The summed E-state index contributed by atoms with van der Waals surface area (Å²) >= 11 is 5.75. The Morgan fingerprint density at radius 3 is 2.89 bits per heavy atom. The largest absolute Gasteiger partial charge is 0.444 e. The molecular weight excluding hydrogens is 254 g/mol. The summed E-state index contributed by atoms with van der Waals surface area (Å²) < 4.78 is 5.33. The molecule has 6 heteroatoms. The molecule has 2 heterocycles. The molecular formula is C12H16ClN3O2. The van der Waals surface area contributed by atoms with Gasteiger partial charge < -0.3 is 9.64 Å². The Bertz CT molecular complexity index is 471. The van der Waals surface area contributed by atoms with Gasteiger partial charge >= 0.3 is 6.09 Å². The Morgan fingerprint density at radius 2 is 2.22 bits per heavy atom. The lowest BCUT2D eigenvalue weighted by Gasteiger charge is -2.30. The number of carbonyl (C=O) groups excluding carboxylic acids is 1. The van der Waals surface area contributed by atoms with Gasteiger partial charge in [0.25, 0.3) is 0 Å². The fourth-order valence-corrected chi connectivity index (χ4v) is 1.91. The van der Waals surface area contributed by atoms with E-state index in [4.69, 9.17) is 16.3 Å². The molecule has 0 aromatic carbocycles. The summed E-state index contributed by atoms with van der Waals surface area (Å²) in [7, 11) is 0. The number of ether oxygens (including phenoxy) is 1. The Hall–Kier alpha value is -1.36. The van der Waals surface area contributed by atoms with Gasteiger partial charge in [-0.15, -0.1) is 0 Å². The molecule has 0 saturated heterocycles. The molecule has 1 aromatic rings. The minimum absolute atomic E-state index is 0.208. The van der Waals surface area contributed by atoms with Crippen molar-refractivity contribution in [3.63, 3.8) is 0 Å². The van der Waals surface area contributed by atoms with Crippen molar-refractivity contribution in [2.24, 2.45) is 0 Å². The van der Waals surface area contributed by atoms with E-state index in [1.807, 2.05) is 20.8 Å². The van der Waals surface area contributed by atoms with Crippen LogP contribution >= 0.6 is 11.6 Å². The number of hydrogen-bond donors (Lipinski definition) is 0. The van der Waals surface area contributed by atoms with Gasteiger partial charge in [0.1, 0.15) is 5.60 Å². The van der Waals surface area contributed by atoms with E-state index in [2.05, 4.69) is 9.97 Å². The Balaban J connectivity index is 2.09. The van der Waals surface area contributed by atoms with Crippen LogP contribution in [0.25, 0.3) is 0 Å². The third-order valence-electron chi connectivity index (χ3n) is 2.57. The van der Waals surface area contributed by atoms with Gasteiger partial charge in [0, 0.05) is 12.7 Å². The predicted octanol–water partition coefficient (Wildman–Crippen LogP) is 2.42. The molecule has 0 N–H and O–H groups in total. The van der Waals surface area contributed by atoms with E-state index < -0.39 is 5.60 Å². The number of rotatable bonds is 0. The van der Waals surface area contributed by atoms with Gasteiger partial charge in [0.15, 0.2) is 0 Å². The SMILES string of the molecule is CC(C)(C)OC(=O)N1CCc2cnc(Cl)nc2C1. The topological polar surface area (TPSA) is 55.3 Å². The van der Waals surface area contributed by atoms with E-state index in [-0.39, 0.29) is 11.4 Å². The fourth-order valence-electron chi connectivity index (χ4n) is 1.76. The van der Waals surface area contributed by atoms with Gasteiger partial charge in [-0.25, -0.2) is 14.8 Å². The average molecular weight is 270 g/mol. The highest BCUT2D eigenvalue weighted by Crippen LogP contribution is 2.19. The minimum Gasteiger partial charge on any atom is -0.444 e. The van der Waals surface area contributed by atoms with Crippen LogP contribution in [-0.4, -0.2) is 33.1 Å². The molecule has 0 saturated carbocycles. The van der Waals surface area contributed by atoms with Crippen LogP contribution in [0.4, 0.5) is 4.79 Å². The molecule has 1 aliphatic rings. The van der Waals surface area contributed by atoms with Crippen molar-refractivity contribution in [2.75, 3.05) is 6.54 Å². The highest BCUT2D eigenvalue weighted by atomic mass is 35.5. The molecule has 2 rings (SSSR count). The zero-order valence-electron chi connectivity index (χ0n) is 10.7. The number of aromatic nitrogens is 2. The molecule has 18 heavy (non-hydrogen) atoms. The van der Waals surface area contributed by atoms with Crippen LogP contribution in [0.1, 0.15) is 32.0 Å². The summed E-state index contributed by atoms with van der Waals surface area (Å²) in [6.07, 6.45) is 2.13. The lowest BCUT2D eigenvalue weighted by Crippen LogP contribution is -2.40. The summed E-state index contributed by atoms with van der Waals surface area (Å²) in [5.74, 6) is 0. The lowest BCUT2D eigenvalue weighted by atomic mass is 10.1. The molecule has 1 amide bonds. The van der Waals surface area contributed by atoms with Crippen LogP contribution in [0.5, 0.6) is 0 Å². The van der Waals surface area contributed by atoms with Gasteiger partial charge in [-0.3, -0.25) is 0 Å². The zero-order chi connectivity index (χ0) is 13.3. The summed E-state index contributed by atoms with van der Waals surface area (Å²) in [6, 6.07) is 0. The average Bonchev–Trinajstić information content (AvgIpc) is 2.25. The van der Waals surface area contributed by atoms with Crippen molar-refractivity contribution < 1.29 is 9.53 Å². The number of hydrogen-bond acceptors (Lipinski definition) is 4. The fraction of sp³-hybridized carbons (Fsp3) is 0.583. The molecule has 98 valence electrons. The maximum Gasteiger partial charge on any atom is 0.410 e. The first-order chi connectivity index (χ1) is 8.35. The molecule has 5 nitrogen and oxygen atoms in total. The molecule has 1 aliphatic heterocycles. The number of halogens is 1. The molecule has 0 fully saturated rings. The Morgan fingerprint density at radius 1 is 1.50 bits per heavy atom. The van der Waals surface area contributed by atoms with E-state index in [1.54, 1.807) is 11.1 Å². The molecule has 0 atom stereocenters. The Labute approximate surface area is 111 Å². The van der Waals surface area contributed by atoms with E-state index in [0.717, 1.165) is 17.7 Å². The third-order valence-corrected chi connectivity index (χ3v) is 2.75. The molecule has 0 radical (unpaired) electrons. The van der Waals surface area contributed by atoms with Crippen molar-refractivity contribution in [1.82, 2.24) is 14.9 Å². The van der Waals surface area contributed by atoms with Crippen molar-refractivity contribution in [2.45, 2.75) is 39.3 Å². The Kier molecular flexibility index (Phi) is 3.43. The van der Waals surface area contributed by atoms with E-state index in [9.17, 15) is 4.79 Å². The maximum absolute atomic E-state index is 11.9. The smallest absolute Gasteiger partial charge is 0.410 e. The van der Waals surface area contributed by atoms with Crippen molar-refractivity contribution >= 4 is 17.7 Å². The molecule has 0 spiro atoms. The first-order valence-electron chi connectivity index (χ1n) is 5.83. The third kappa shape index (κ3) is 3.10. The van der Waals surface area contributed by atoms with E-state index in [1.165, 1.54) is 0 Å². The number of nitrogens with zero attached hydrogens (tertiary/aromatic N) is 3. The molecule has 0 unspecified atom stereocenters. The summed E-state index contributed by atoms with van der Waals surface area (Å²) in [4.78, 5) is 21.7. The predicted molar refractivity (Wildman–Crippen MR) is 67.4 cm³/mol. The molecule has 1 aromatic heterocycles. The van der Waals surface area contributed by atoms with Crippen LogP contribution in [0.3, 0.4) is 0 Å². The van der Waals surface area contributed by atoms with Crippen LogP contribution in [-0.2, 0) is 17.7 Å². The second kappa shape index (κ2) is 4.72. The van der Waals surface area contributed by atoms with E-state index >= 15 is 0 Å². The first kappa shape index (κ1) is 13.1. The second-order valence-electron chi connectivity index (χ2n) is 5.26. The van der Waals surface area contributed by atoms with E-state index in [0.29, 0.717) is 13.1 Å². The van der Waals surface area contributed by atoms with Gasteiger partial charge in [0.05, 0.1) is 12.2 Å². The monoisotopic (exact) mass is 269 g/mol. The summed E-state index contributed by atoms with van der Waals surface area (Å²) in [5.41, 5.74) is 1.35. The summed E-state index contributed by atoms with van der Waals surface area (Å²) in [6.45, 7) is 6.59. The van der Waals surface area contributed by atoms with Gasteiger partial charge in [-0.05, 0) is 44.4 Å². The number of fused-ring (bicyclic) bond motifs is 1. The highest BCUT2D eigenvalue weighted by Gasteiger charge is 2.26. The van der Waals surface area contributed by atoms with Crippen molar-refractivity contribution in [3.8, 4) is 0 Å². The number of amides is 1. The van der Waals surface area contributed by atoms with Crippen molar-refractivity contribution in [3.05, 3.63) is 22.7 Å². The standard InChI is InChI=1S/C12H16ClN3O2/c1-12(2,3)18-11(17)16-5-4-8-6-14-10(13)15-9(8)7-16/h6H,4-5,7H2,1-3H3. The van der Waals surface area contributed by atoms with Gasteiger partial charge in [-0.2, -0.15) is 0 Å². The van der Waals surface area contributed by atoms with Crippen LogP contribution in [0.15, 0.2) is 6.20 Å². The second-order valence-corrected chi connectivity index (χ2v) is 5.60. The van der Waals surface area contributed by atoms with Crippen LogP contribution in [0.2, 0.25) is 5.28 Å². The minimum atomic E-state index is -0.485. The zero-order valence-corrected chi connectivity index (χ0v) is 11.5. The van der Waals surface area contributed by atoms with Gasteiger partial charge in [0.2, 0.25) is 5.28 Å². The number of carbonyl (C=O) groups is 1. The highest BCUT2D eigenvalue weighted by molar-refractivity contribution is 6.28. The maximum atomic E-state index is 11.9. The first-order valence-corrected chi connectivity index (χ1v) is 6.21. The van der Waals surface area contributed by atoms with Crippen LogP contribution in [0, 0.1) is 0 Å². The normalized spacial score (nSPS) is 15.2.